The minimum absolute atomic E-state index is 0.0451. The van der Waals surface area contributed by atoms with Crippen LogP contribution in [0.15, 0.2) is 75.9 Å². The zero-order valence-corrected chi connectivity index (χ0v) is 22.3. The number of aliphatic imine (C=N–C) groups is 1. The summed E-state index contributed by atoms with van der Waals surface area (Å²) in [4.78, 5) is 33.2. The molecule has 0 radical (unpaired) electrons. The normalized spacial score (nSPS) is 17.8. The lowest BCUT2D eigenvalue weighted by atomic mass is 9.90. The highest BCUT2D eigenvalue weighted by Crippen LogP contribution is 2.45. The predicted octanol–water partition coefficient (Wildman–Crippen LogP) is 5.93. The Kier molecular flexibility index (Phi) is 7.99. The summed E-state index contributed by atoms with van der Waals surface area (Å²) >= 11 is 1.48. The maximum Gasteiger partial charge on any atom is 0.338 e. The number of carbonyl (C=O) groups excluding carboxylic acids is 2. The van der Waals surface area contributed by atoms with E-state index in [1.807, 2.05) is 61.4 Å². The van der Waals surface area contributed by atoms with Crippen LogP contribution in [0, 0.1) is 13.8 Å². The minimum Gasteiger partial charge on any atom is -0.457 e. The fourth-order valence-corrected chi connectivity index (χ4v) is 5.41. The summed E-state index contributed by atoms with van der Waals surface area (Å²) in [7, 11) is 0. The van der Waals surface area contributed by atoms with Gasteiger partial charge in [-0.1, -0.05) is 72.8 Å². The Morgan fingerprint density at radius 1 is 1.14 bits per heavy atom. The summed E-state index contributed by atoms with van der Waals surface area (Å²) in [6.07, 6.45) is 1.07. The lowest BCUT2D eigenvalue weighted by Gasteiger charge is -2.37. The number of allylic oxidation sites excluding steroid dienone is 1. The van der Waals surface area contributed by atoms with Crippen molar-refractivity contribution in [1.29, 1.82) is 0 Å². The van der Waals surface area contributed by atoms with Gasteiger partial charge in [-0.3, -0.25) is 4.79 Å². The van der Waals surface area contributed by atoms with Crippen molar-refractivity contribution in [3.63, 3.8) is 0 Å². The van der Waals surface area contributed by atoms with Crippen LogP contribution >= 0.6 is 11.8 Å². The van der Waals surface area contributed by atoms with Crippen LogP contribution in [0.3, 0.4) is 0 Å². The number of carbonyl (C=O) groups is 2. The maximum absolute atomic E-state index is 13.6. The lowest BCUT2D eigenvalue weighted by molar-refractivity contribution is -0.141. The van der Waals surface area contributed by atoms with Gasteiger partial charge in [-0.2, -0.15) is 0 Å². The van der Waals surface area contributed by atoms with E-state index >= 15 is 0 Å². The predicted molar refractivity (Wildman–Crippen MR) is 145 cm³/mol. The van der Waals surface area contributed by atoms with Crippen molar-refractivity contribution in [1.82, 2.24) is 10.2 Å². The van der Waals surface area contributed by atoms with E-state index in [0.29, 0.717) is 11.3 Å². The van der Waals surface area contributed by atoms with Crippen molar-refractivity contribution in [2.45, 2.75) is 66.2 Å². The topological polar surface area (TPSA) is 71.0 Å². The number of hydrogen-bond acceptors (Lipinski definition) is 6. The van der Waals surface area contributed by atoms with E-state index in [4.69, 9.17) is 9.73 Å². The molecule has 2 aromatic carbocycles. The van der Waals surface area contributed by atoms with Crippen molar-refractivity contribution in [3.05, 3.63) is 93.2 Å². The Labute approximate surface area is 217 Å². The molecule has 2 aliphatic rings. The molecule has 0 unspecified atom stereocenters. The van der Waals surface area contributed by atoms with Crippen molar-refractivity contribution in [2.75, 3.05) is 0 Å². The number of amidine groups is 1. The minimum atomic E-state index is -0.431. The first-order valence-corrected chi connectivity index (χ1v) is 13.2. The molecular weight excluding hydrogens is 470 g/mol. The van der Waals surface area contributed by atoms with Crippen LogP contribution in [0.25, 0.3) is 0 Å². The monoisotopic (exact) mass is 503 g/mol. The quantitative estimate of drug-likeness (QED) is 0.452. The summed E-state index contributed by atoms with van der Waals surface area (Å²) in [5.74, 6) is -0.444. The van der Waals surface area contributed by atoms with Crippen molar-refractivity contribution in [2.24, 2.45) is 4.99 Å². The van der Waals surface area contributed by atoms with Crippen molar-refractivity contribution < 1.29 is 14.3 Å². The smallest absolute Gasteiger partial charge is 0.338 e. The van der Waals surface area contributed by atoms with Crippen LogP contribution < -0.4 is 5.32 Å². The standard InChI is InChI=1S/C29H33N3O3S/c1-6-20(4)30-25(33)15-23-17-36-29-31-21(5)26(28(34)35-16-22-10-8-7-9-11-22)27(32(23)29)24-13-12-18(2)14-19(24)3/h7-14,17,20,27H,6,15-16H2,1-5H3,(H,30,33)/t20-,27-/m1/s1. The first-order valence-electron chi connectivity index (χ1n) is 12.3. The molecule has 0 fully saturated rings. The number of fused-ring (bicyclic) bond motifs is 1. The third kappa shape index (κ3) is 5.57. The second-order valence-electron chi connectivity index (χ2n) is 9.37. The SMILES string of the molecule is CC[C@@H](C)NC(=O)CC1=CSC2=NC(C)=C(C(=O)OCc3ccccc3)[C@@H](c3ccc(C)cc3C)N12. The zero-order valence-electron chi connectivity index (χ0n) is 21.5. The summed E-state index contributed by atoms with van der Waals surface area (Å²) in [5.41, 5.74) is 6.09. The third-order valence-electron chi connectivity index (χ3n) is 6.51. The number of thioether (sulfide) groups is 1. The van der Waals surface area contributed by atoms with Gasteiger partial charge in [0.1, 0.15) is 6.61 Å². The summed E-state index contributed by atoms with van der Waals surface area (Å²) < 4.78 is 5.79. The number of aryl methyl sites for hydroxylation is 2. The van der Waals surface area contributed by atoms with Gasteiger partial charge in [0.15, 0.2) is 5.17 Å². The van der Waals surface area contributed by atoms with E-state index in [9.17, 15) is 9.59 Å². The van der Waals surface area contributed by atoms with Crippen LogP contribution in [0.2, 0.25) is 0 Å². The number of esters is 1. The van der Waals surface area contributed by atoms with E-state index in [1.165, 1.54) is 11.8 Å². The van der Waals surface area contributed by atoms with Gasteiger partial charge in [0.25, 0.3) is 0 Å². The van der Waals surface area contributed by atoms with Crippen LogP contribution in [-0.2, 0) is 20.9 Å². The molecule has 0 spiro atoms. The molecule has 2 aromatic rings. The Morgan fingerprint density at radius 3 is 2.58 bits per heavy atom. The summed E-state index contributed by atoms with van der Waals surface area (Å²) in [6, 6.07) is 15.5. The zero-order chi connectivity index (χ0) is 25.8. The molecular formula is C29H33N3O3S. The number of benzene rings is 2. The fourth-order valence-electron chi connectivity index (χ4n) is 4.45. The number of nitrogens with one attached hydrogen (secondary N) is 1. The van der Waals surface area contributed by atoms with Gasteiger partial charge in [-0.05, 0) is 56.2 Å². The molecule has 188 valence electrons. The highest BCUT2D eigenvalue weighted by atomic mass is 32.2. The number of rotatable bonds is 8. The van der Waals surface area contributed by atoms with Crippen LogP contribution in [0.4, 0.5) is 0 Å². The molecule has 7 heteroatoms. The van der Waals surface area contributed by atoms with E-state index in [1.54, 1.807) is 0 Å². The number of hydrogen-bond donors (Lipinski definition) is 1. The Hall–Kier alpha value is -3.32. The van der Waals surface area contributed by atoms with E-state index in [2.05, 4.69) is 37.4 Å². The van der Waals surface area contributed by atoms with E-state index < -0.39 is 12.0 Å². The Balaban J connectivity index is 1.69. The largest absolute Gasteiger partial charge is 0.457 e. The van der Waals surface area contributed by atoms with Gasteiger partial charge in [0.05, 0.1) is 23.7 Å². The molecule has 2 heterocycles. The molecule has 0 saturated heterocycles. The van der Waals surface area contributed by atoms with Crippen LogP contribution in [0.1, 0.15) is 61.9 Å². The van der Waals surface area contributed by atoms with Gasteiger partial charge in [0, 0.05) is 11.7 Å². The third-order valence-corrected chi connectivity index (χ3v) is 7.40. The van der Waals surface area contributed by atoms with Crippen LogP contribution in [0.5, 0.6) is 0 Å². The molecule has 2 aliphatic heterocycles. The van der Waals surface area contributed by atoms with Gasteiger partial charge >= 0.3 is 5.97 Å². The summed E-state index contributed by atoms with van der Waals surface area (Å²) in [5, 5.41) is 5.78. The first kappa shape index (κ1) is 25.8. The first-order chi connectivity index (χ1) is 17.3. The molecule has 2 atom stereocenters. The molecule has 4 rings (SSSR count). The fraction of sp³-hybridized carbons (Fsp3) is 0.345. The van der Waals surface area contributed by atoms with Gasteiger partial charge in [-0.15, -0.1) is 0 Å². The lowest BCUT2D eigenvalue weighted by Crippen LogP contribution is -2.39. The molecule has 0 aliphatic carbocycles. The molecule has 0 bridgehead atoms. The molecule has 0 saturated carbocycles. The molecule has 0 aromatic heterocycles. The molecule has 1 amide bonds. The molecule has 36 heavy (non-hydrogen) atoms. The van der Waals surface area contributed by atoms with E-state index in [0.717, 1.165) is 39.5 Å². The average Bonchev–Trinajstić information content (AvgIpc) is 3.24. The maximum atomic E-state index is 13.6. The highest BCUT2D eigenvalue weighted by molar-refractivity contribution is 8.16. The van der Waals surface area contributed by atoms with Gasteiger partial charge in [0.2, 0.25) is 5.91 Å². The second kappa shape index (κ2) is 11.2. The number of amides is 1. The van der Waals surface area contributed by atoms with E-state index in [-0.39, 0.29) is 25.0 Å². The van der Waals surface area contributed by atoms with Crippen molar-refractivity contribution in [3.8, 4) is 0 Å². The Bertz CT molecular complexity index is 1250. The summed E-state index contributed by atoms with van der Waals surface area (Å²) in [6.45, 7) is 10.2. The molecule has 1 N–H and O–H groups in total. The average molecular weight is 504 g/mol. The van der Waals surface area contributed by atoms with Gasteiger partial charge in [-0.25, -0.2) is 9.79 Å². The van der Waals surface area contributed by atoms with Crippen LogP contribution in [-0.4, -0.2) is 28.0 Å². The number of nitrogens with zero attached hydrogens (tertiary/aromatic N) is 2. The second-order valence-corrected chi connectivity index (χ2v) is 10.2. The van der Waals surface area contributed by atoms with Crippen molar-refractivity contribution >= 4 is 28.8 Å². The Morgan fingerprint density at radius 2 is 1.89 bits per heavy atom. The molecule has 6 nitrogen and oxygen atoms in total. The number of ether oxygens (including phenoxy) is 1. The van der Waals surface area contributed by atoms with Gasteiger partial charge < -0.3 is 15.0 Å². The highest BCUT2D eigenvalue weighted by Gasteiger charge is 2.41.